The molecule has 1 saturated heterocycles. The molecule has 0 atom stereocenters. The highest BCUT2D eigenvalue weighted by Gasteiger charge is 2.37. The highest BCUT2D eigenvalue weighted by atomic mass is 16.4. The normalized spacial score (nSPS) is 15.2. The average molecular weight is 443 g/mol. The number of nitrogens with zero attached hydrogens (tertiary/aromatic N) is 2. The average Bonchev–Trinajstić information content (AvgIpc) is 3.05. The molecular formula is C25H21N3O5. The lowest BCUT2D eigenvalue weighted by molar-refractivity contribution is -0.122. The lowest BCUT2D eigenvalue weighted by Crippen LogP contribution is -2.54. The summed E-state index contributed by atoms with van der Waals surface area (Å²) in [7, 11) is 0. The van der Waals surface area contributed by atoms with Crippen molar-refractivity contribution in [3.05, 3.63) is 88.2 Å². The van der Waals surface area contributed by atoms with E-state index in [-0.39, 0.29) is 11.1 Å². The molecule has 1 aromatic heterocycles. The fraction of sp³-hybridized carbons (Fsp3) is 0.120. The number of aryl methyl sites for hydroxylation is 2. The lowest BCUT2D eigenvalue weighted by Gasteiger charge is -2.27. The van der Waals surface area contributed by atoms with Crippen LogP contribution in [0.15, 0.2) is 60.2 Å². The maximum Gasteiger partial charge on any atom is 0.337 e. The van der Waals surface area contributed by atoms with Crippen LogP contribution in [0.5, 0.6) is 0 Å². The standard InChI is InChI=1S/C25H21N3O5/c1-14-8-4-6-10-20(14)28-23(30)19(22(29)26-25(28)33)13-17-12-15(2)27(16(17)3)21-11-7-5-9-18(21)24(31)32/h4-13H,1-3H3,(H,31,32)(H,26,29,33)/b19-13-. The second-order valence-electron chi connectivity index (χ2n) is 7.73. The Kier molecular flexibility index (Phi) is 5.43. The van der Waals surface area contributed by atoms with Crippen molar-refractivity contribution in [2.45, 2.75) is 20.8 Å². The van der Waals surface area contributed by atoms with E-state index < -0.39 is 23.8 Å². The molecule has 0 unspecified atom stereocenters. The van der Waals surface area contributed by atoms with Gasteiger partial charge < -0.3 is 9.67 Å². The Morgan fingerprint density at radius 1 is 0.939 bits per heavy atom. The number of barbiturate groups is 1. The molecule has 1 aliphatic rings. The summed E-state index contributed by atoms with van der Waals surface area (Å²) in [4.78, 5) is 50.9. The second-order valence-corrected chi connectivity index (χ2v) is 7.73. The number of hydrogen-bond donors (Lipinski definition) is 2. The van der Waals surface area contributed by atoms with E-state index in [4.69, 9.17) is 0 Å². The van der Waals surface area contributed by atoms with Gasteiger partial charge in [-0.2, -0.15) is 0 Å². The van der Waals surface area contributed by atoms with E-state index in [0.717, 1.165) is 10.6 Å². The van der Waals surface area contributed by atoms with Gasteiger partial charge in [-0.25, -0.2) is 14.5 Å². The zero-order chi connectivity index (χ0) is 23.9. The van der Waals surface area contributed by atoms with Crippen molar-refractivity contribution in [2.24, 2.45) is 0 Å². The van der Waals surface area contributed by atoms with Crippen LogP contribution >= 0.6 is 0 Å². The van der Waals surface area contributed by atoms with E-state index >= 15 is 0 Å². The molecule has 2 N–H and O–H groups in total. The molecule has 1 aliphatic heterocycles. The van der Waals surface area contributed by atoms with Crippen LogP contribution in [-0.2, 0) is 9.59 Å². The van der Waals surface area contributed by atoms with Crippen LogP contribution in [0, 0.1) is 20.8 Å². The first-order valence-corrected chi connectivity index (χ1v) is 10.2. The fourth-order valence-electron chi connectivity index (χ4n) is 4.00. The van der Waals surface area contributed by atoms with Gasteiger partial charge in [-0.05, 0) is 62.2 Å². The Hall–Kier alpha value is -4.46. The van der Waals surface area contributed by atoms with Crippen LogP contribution in [0.1, 0.15) is 32.9 Å². The number of aromatic nitrogens is 1. The number of carboxylic acid groups (broad SMARTS) is 1. The maximum absolute atomic E-state index is 13.2. The number of benzene rings is 2. The third kappa shape index (κ3) is 3.71. The second kappa shape index (κ2) is 8.23. The van der Waals surface area contributed by atoms with Gasteiger partial charge in [0, 0.05) is 11.4 Å². The molecule has 1 fully saturated rings. The van der Waals surface area contributed by atoms with Crippen molar-refractivity contribution in [2.75, 3.05) is 4.90 Å². The van der Waals surface area contributed by atoms with Crippen molar-refractivity contribution in [3.63, 3.8) is 0 Å². The van der Waals surface area contributed by atoms with Crippen LogP contribution in [0.25, 0.3) is 11.8 Å². The smallest absolute Gasteiger partial charge is 0.337 e. The van der Waals surface area contributed by atoms with Crippen molar-refractivity contribution in [1.29, 1.82) is 0 Å². The number of hydrogen-bond acceptors (Lipinski definition) is 4. The first-order chi connectivity index (χ1) is 15.7. The van der Waals surface area contributed by atoms with Gasteiger partial charge in [0.15, 0.2) is 0 Å². The Morgan fingerprint density at radius 2 is 1.58 bits per heavy atom. The molecule has 2 aromatic carbocycles. The Morgan fingerprint density at radius 3 is 2.24 bits per heavy atom. The van der Waals surface area contributed by atoms with Gasteiger partial charge in [0.25, 0.3) is 11.8 Å². The summed E-state index contributed by atoms with van der Waals surface area (Å²) >= 11 is 0. The number of urea groups is 1. The minimum absolute atomic E-state index is 0.126. The molecule has 0 saturated carbocycles. The van der Waals surface area contributed by atoms with Crippen LogP contribution in [-0.4, -0.2) is 33.5 Å². The minimum Gasteiger partial charge on any atom is -0.478 e. The van der Waals surface area contributed by atoms with Crippen LogP contribution in [0.4, 0.5) is 10.5 Å². The predicted octanol–water partition coefficient (Wildman–Crippen LogP) is 3.77. The van der Waals surface area contributed by atoms with Crippen LogP contribution in [0.2, 0.25) is 0 Å². The molecule has 8 nitrogen and oxygen atoms in total. The zero-order valence-electron chi connectivity index (χ0n) is 18.2. The first-order valence-electron chi connectivity index (χ1n) is 10.2. The minimum atomic E-state index is -1.06. The molecule has 0 spiro atoms. The SMILES string of the molecule is Cc1ccccc1N1C(=O)NC(=O)/C(=C/c2cc(C)n(-c3ccccc3C(=O)O)c2C)C1=O. The number of nitrogens with one attached hydrogen (secondary N) is 1. The number of rotatable bonds is 4. The fourth-order valence-corrected chi connectivity index (χ4v) is 4.00. The summed E-state index contributed by atoms with van der Waals surface area (Å²) in [5.41, 5.74) is 3.44. The van der Waals surface area contributed by atoms with E-state index in [1.807, 2.05) is 0 Å². The summed E-state index contributed by atoms with van der Waals surface area (Å²) in [6.45, 7) is 5.34. The van der Waals surface area contributed by atoms with Crippen LogP contribution in [0.3, 0.4) is 0 Å². The number of carboxylic acids is 1. The molecule has 3 aromatic rings. The van der Waals surface area contributed by atoms with Gasteiger partial charge in [0.1, 0.15) is 5.57 Å². The van der Waals surface area contributed by atoms with E-state index in [1.54, 1.807) is 73.9 Å². The van der Waals surface area contributed by atoms with Gasteiger partial charge in [-0.3, -0.25) is 14.9 Å². The molecule has 4 amide bonds. The number of anilines is 1. The monoisotopic (exact) mass is 443 g/mol. The number of carbonyl (C=O) groups is 4. The third-order valence-electron chi connectivity index (χ3n) is 5.60. The number of para-hydroxylation sites is 2. The molecule has 8 heteroatoms. The molecule has 0 radical (unpaired) electrons. The third-order valence-corrected chi connectivity index (χ3v) is 5.60. The van der Waals surface area contributed by atoms with E-state index in [0.29, 0.717) is 28.2 Å². The summed E-state index contributed by atoms with van der Waals surface area (Å²) in [5.74, 6) is -2.58. The highest BCUT2D eigenvalue weighted by molar-refractivity contribution is 6.39. The van der Waals surface area contributed by atoms with Crippen molar-refractivity contribution < 1.29 is 24.3 Å². The first kappa shape index (κ1) is 21.8. The van der Waals surface area contributed by atoms with Crippen molar-refractivity contribution in [1.82, 2.24) is 9.88 Å². The predicted molar refractivity (Wildman–Crippen MR) is 122 cm³/mol. The highest BCUT2D eigenvalue weighted by Crippen LogP contribution is 2.28. The summed E-state index contributed by atoms with van der Waals surface area (Å²) in [6.07, 6.45) is 1.43. The van der Waals surface area contributed by atoms with Gasteiger partial charge in [0.05, 0.1) is 16.9 Å². The van der Waals surface area contributed by atoms with E-state index in [2.05, 4.69) is 5.32 Å². The summed E-state index contributed by atoms with van der Waals surface area (Å²) < 4.78 is 1.76. The van der Waals surface area contributed by atoms with Gasteiger partial charge in [0.2, 0.25) is 0 Å². The van der Waals surface area contributed by atoms with Gasteiger partial charge in [-0.15, -0.1) is 0 Å². The van der Waals surface area contributed by atoms with Gasteiger partial charge in [-0.1, -0.05) is 30.3 Å². The molecule has 33 heavy (non-hydrogen) atoms. The maximum atomic E-state index is 13.2. The van der Waals surface area contributed by atoms with Crippen molar-refractivity contribution >= 4 is 35.6 Å². The number of imide groups is 2. The topological polar surface area (TPSA) is 109 Å². The quantitative estimate of drug-likeness (QED) is 0.471. The summed E-state index contributed by atoms with van der Waals surface area (Å²) in [6, 6.07) is 14.4. The Labute approximate surface area is 189 Å². The molecule has 4 rings (SSSR count). The molecular weight excluding hydrogens is 422 g/mol. The summed E-state index contributed by atoms with van der Waals surface area (Å²) in [5, 5.41) is 11.8. The number of amides is 4. The molecule has 2 heterocycles. The van der Waals surface area contributed by atoms with E-state index in [9.17, 15) is 24.3 Å². The number of carbonyl (C=O) groups excluding carboxylic acids is 3. The van der Waals surface area contributed by atoms with Crippen molar-refractivity contribution in [3.8, 4) is 5.69 Å². The lowest BCUT2D eigenvalue weighted by atomic mass is 10.1. The van der Waals surface area contributed by atoms with Gasteiger partial charge >= 0.3 is 12.0 Å². The largest absolute Gasteiger partial charge is 0.478 e. The number of aromatic carboxylic acids is 1. The Balaban J connectivity index is 1.81. The van der Waals surface area contributed by atoms with Crippen LogP contribution < -0.4 is 10.2 Å². The molecule has 0 bridgehead atoms. The zero-order valence-corrected chi connectivity index (χ0v) is 18.2. The molecule has 166 valence electrons. The molecule has 0 aliphatic carbocycles. The van der Waals surface area contributed by atoms with E-state index in [1.165, 1.54) is 12.1 Å². The Bertz CT molecular complexity index is 1370.